The van der Waals surface area contributed by atoms with E-state index >= 15 is 0 Å². The zero-order chi connectivity index (χ0) is 18.7. The predicted octanol–water partition coefficient (Wildman–Crippen LogP) is 4.00. The van der Waals surface area contributed by atoms with Gasteiger partial charge < -0.3 is 15.1 Å². The van der Waals surface area contributed by atoms with E-state index in [-0.39, 0.29) is 11.8 Å². The summed E-state index contributed by atoms with van der Waals surface area (Å²) in [6.07, 6.45) is 2.09. The van der Waals surface area contributed by atoms with Crippen LogP contribution in [0.5, 0.6) is 0 Å². The summed E-state index contributed by atoms with van der Waals surface area (Å²) >= 11 is 3.40. The lowest BCUT2D eigenvalue weighted by Gasteiger charge is -2.22. The van der Waals surface area contributed by atoms with Crippen molar-refractivity contribution in [2.45, 2.75) is 12.8 Å². The van der Waals surface area contributed by atoms with Crippen molar-refractivity contribution in [2.75, 3.05) is 37.4 Å². The molecule has 3 rings (SSSR count). The SMILES string of the molecule is CN(C)c1ccc(NC(=O)c2ccccc2Br)cc1C(=O)N1CCCC1. The molecule has 0 saturated carbocycles. The van der Waals surface area contributed by atoms with E-state index in [9.17, 15) is 9.59 Å². The number of amides is 2. The van der Waals surface area contributed by atoms with Crippen molar-refractivity contribution in [3.8, 4) is 0 Å². The Morgan fingerprint density at radius 1 is 1.04 bits per heavy atom. The molecule has 26 heavy (non-hydrogen) atoms. The number of anilines is 2. The third kappa shape index (κ3) is 3.90. The van der Waals surface area contributed by atoms with Gasteiger partial charge in [-0.05, 0) is 59.1 Å². The summed E-state index contributed by atoms with van der Waals surface area (Å²) in [5.74, 6) is -0.196. The highest BCUT2D eigenvalue weighted by Gasteiger charge is 2.23. The van der Waals surface area contributed by atoms with Gasteiger partial charge in [0.25, 0.3) is 11.8 Å². The zero-order valence-electron chi connectivity index (χ0n) is 15.0. The third-order valence-corrected chi connectivity index (χ3v) is 5.17. The smallest absolute Gasteiger partial charge is 0.256 e. The molecule has 2 amide bonds. The predicted molar refractivity (Wildman–Crippen MR) is 108 cm³/mol. The molecular weight excluding hydrogens is 394 g/mol. The number of nitrogens with zero attached hydrogens (tertiary/aromatic N) is 2. The van der Waals surface area contributed by atoms with Gasteiger partial charge in [-0.3, -0.25) is 9.59 Å². The average molecular weight is 416 g/mol. The molecule has 0 aromatic heterocycles. The van der Waals surface area contributed by atoms with Crippen LogP contribution < -0.4 is 10.2 Å². The molecule has 2 aromatic carbocycles. The van der Waals surface area contributed by atoms with Crippen molar-refractivity contribution >= 4 is 39.1 Å². The van der Waals surface area contributed by atoms with E-state index < -0.39 is 0 Å². The summed E-state index contributed by atoms with van der Waals surface area (Å²) in [5, 5.41) is 2.89. The minimum Gasteiger partial charge on any atom is -0.377 e. The van der Waals surface area contributed by atoms with Crippen molar-refractivity contribution in [1.82, 2.24) is 4.90 Å². The second-order valence-electron chi connectivity index (χ2n) is 6.56. The van der Waals surface area contributed by atoms with E-state index in [2.05, 4.69) is 21.2 Å². The monoisotopic (exact) mass is 415 g/mol. The van der Waals surface area contributed by atoms with Crippen molar-refractivity contribution < 1.29 is 9.59 Å². The van der Waals surface area contributed by atoms with Gasteiger partial charge in [-0.2, -0.15) is 0 Å². The first-order valence-electron chi connectivity index (χ1n) is 8.64. The lowest BCUT2D eigenvalue weighted by molar-refractivity contribution is 0.0793. The maximum Gasteiger partial charge on any atom is 0.256 e. The maximum atomic E-state index is 12.9. The second kappa shape index (κ2) is 7.91. The number of benzene rings is 2. The number of carbonyl (C=O) groups is 2. The molecule has 0 atom stereocenters. The Balaban J connectivity index is 1.89. The molecule has 0 bridgehead atoms. The van der Waals surface area contributed by atoms with Gasteiger partial charge in [0.05, 0.1) is 11.1 Å². The molecule has 6 heteroatoms. The lowest BCUT2D eigenvalue weighted by Crippen LogP contribution is -2.29. The van der Waals surface area contributed by atoms with Crippen LogP contribution in [0.3, 0.4) is 0 Å². The van der Waals surface area contributed by atoms with Gasteiger partial charge in [0.1, 0.15) is 0 Å². The van der Waals surface area contributed by atoms with E-state index in [0.717, 1.165) is 36.1 Å². The van der Waals surface area contributed by atoms with Crippen molar-refractivity contribution in [2.24, 2.45) is 0 Å². The fourth-order valence-corrected chi connectivity index (χ4v) is 3.57. The number of carbonyl (C=O) groups excluding carboxylic acids is 2. The van der Waals surface area contributed by atoms with Crippen LogP contribution in [0.2, 0.25) is 0 Å². The van der Waals surface area contributed by atoms with Crippen molar-refractivity contribution in [3.05, 3.63) is 58.1 Å². The van der Waals surface area contributed by atoms with Gasteiger partial charge in [-0.1, -0.05) is 12.1 Å². The van der Waals surface area contributed by atoms with Gasteiger partial charge >= 0.3 is 0 Å². The topological polar surface area (TPSA) is 52.7 Å². The van der Waals surface area contributed by atoms with Gasteiger partial charge in [0.2, 0.25) is 0 Å². The molecule has 1 heterocycles. The molecule has 2 aromatic rings. The van der Waals surface area contributed by atoms with Gasteiger partial charge in [-0.15, -0.1) is 0 Å². The van der Waals surface area contributed by atoms with Gasteiger partial charge in [0, 0.05) is 43.0 Å². The molecule has 0 spiro atoms. The summed E-state index contributed by atoms with van der Waals surface area (Å²) in [4.78, 5) is 29.3. The molecule has 1 saturated heterocycles. The largest absolute Gasteiger partial charge is 0.377 e. The quantitative estimate of drug-likeness (QED) is 0.820. The van der Waals surface area contributed by atoms with Crippen LogP contribution in [0.4, 0.5) is 11.4 Å². The lowest BCUT2D eigenvalue weighted by atomic mass is 10.1. The molecule has 1 N–H and O–H groups in total. The van der Waals surface area contributed by atoms with Gasteiger partial charge in [-0.25, -0.2) is 0 Å². The Morgan fingerprint density at radius 2 is 1.73 bits per heavy atom. The highest BCUT2D eigenvalue weighted by molar-refractivity contribution is 9.10. The van der Waals surface area contributed by atoms with Crippen LogP contribution in [0.15, 0.2) is 46.9 Å². The Bertz CT molecular complexity index is 830. The molecule has 1 fully saturated rings. The fraction of sp³-hybridized carbons (Fsp3) is 0.300. The first-order valence-corrected chi connectivity index (χ1v) is 9.43. The van der Waals surface area contributed by atoms with E-state index in [1.807, 2.05) is 54.2 Å². The Morgan fingerprint density at radius 3 is 2.38 bits per heavy atom. The van der Waals surface area contributed by atoms with Crippen LogP contribution in [-0.2, 0) is 0 Å². The van der Waals surface area contributed by atoms with Crippen LogP contribution in [0, 0.1) is 0 Å². The highest BCUT2D eigenvalue weighted by atomic mass is 79.9. The molecule has 5 nitrogen and oxygen atoms in total. The van der Waals surface area contributed by atoms with Crippen LogP contribution in [0.25, 0.3) is 0 Å². The van der Waals surface area contributed by atoms with Crippen molar-refractivity contribution in [1.29, 1.82) is 0 Å². The number of hydrogen-bond acceptors (Lipinski definition) is 3. The normalized spacial score (nSPS) is 13.6. The summed E-state index contributed by atoms with van der Waals surface area (Å²) in [6, 6.07) is 12.7. The van der Waals surface area contributed by atoms with Crippen molar-refractivity contribution in [3.63, 3.8) is 0 Å². The minimum atomic E-state index is -0.213. The fourth-order valence-electron chi connectivity index (χ4n) is 3.11. The summed E-state index contributed by atoms with van der Waals surface area (Å²) in [7, 11) is 3.82. The highest BCUT2D eigenvalue weighted by Crippen LogP contribution is 2.26. The van der Waals surface area contributed by atoms with Gasteiger partial charge in [0.15, 0.2) is 0 Å². The van der Waals surface area contributed by atoms with Crippen LogP contribution in [0.1, 0.15) is 33.6 Å². The molecule has 0 radical (unpaired) electrons. The minimum absolute atomic E-state index is 0.0168. The Kier molecular flexibility index (Phi) is 5.61. The Hall–Kier alpha value is -2.34. The Labute approximate surface area is 162 Å². The van der Waals surface area contributed by atoms with Crippen LogP contribution in [-0.4, -0.2) is 43.9 Å². The van der Waals surface area contributed by atoms with E-state index in [0.29, 0.717) is 16.8 Å². The molecule has 136 valence electrons. The molecular formula is C20H22BrN3O2. The first-order chi connectivity index (χ1) is 12.5. The van der Waals surface area contributed by atoms with E-state index in [1.165, 1.54) is 0 Å². The second-order valence-corrected chi connectivity index (χ2v) is 7.41. The first kappa shape index (κ1) is 18.5. The maximum absolute atomic E-state index is 12.9. The number of rotatable bonds is 4. The number of halogens is 1. The summed E-state index contributed by atoms with van der Waals surface area (Å²) in [5.41, 5.74) is 2.62. The standard InChI is InChI=1S/C20H22BrN3O2/c1-23(2)18-10-9-14(13-16(18)20(26)24-11-5-6-12-24)22-19(25)15-7-3-4-8-17(15)21/h3-4,7-10,13H,5-6,11-12H2,1-2H3,(H,22,25). The third-order valence-electron chi connectivity index (χ3n) is 4.48. The average Bonchev–Trinajstić information content (AvgIpc) is 3.15. The zero-order valence-corrected chi connectivity index (χ0v) is 16.5. The summed E-state index contributed by atoms with van der Waals surface area (Å²) in [6.45, 7) is 1.58. The van der Waals surface area contributed by atoms with E-state index in [4.69, 9.17) is 0 Å². The van der Waals surface area contributed by atoms with Crippen LogP contribution >= 0.6 is 15.9 Å². The molecule has 0 unspecified atom stereocenters. The molecule has 1 aliphatic heterocycles. The molecule has 1 aliphatic rings. The summed E-state index contributed by atoms with van der Waals surface area (Å²) < 4.78 is 0.732. The number of likely N-dealkylation sites (tertiary alicyclic amines) is 1. The molecule has 0 aliphatic carbocycles. The number of nitrogens with one attached hydrogen (secondary N) is 1. The number of hydrogen-bond donors (Lipinski definition) is 1. The van der Waals surface area contributed by atoms with E-state index in [1.54, 1.807) is 12.1 Å².